The minimum atomic E-state index is -0.0990. The van der Waals surface area contributed by atoms with Gasteiger partial charge >= 0.3 is 6.03 Å². The smallest absolute Gasteiger partial charge is 0.321 e. The number of benzene rings is 2. The highest BCUT2D eigenvalue weighted by atomic mass is 16.2. The Morgan fingerprint density at radius 1 is 1.00 bits per heavy atom. The van der Waals surface area contributed by atoms with Gasteiger partial charge in [-0.05, 0) is 50.4 Å². The number of nitrogens with one attached hydrogen (secondary N) is 2. The molecule has 0 bridgehead atoms. The number of rotatable bonds is 6. The van der Waals surface area contributed by atoms with Crippen LogP contribution in [0.25, 0.3) is 28.1 Å². The number of fused-ring (bicyclic) bond motifs is 1. The molecule has 0 radical (unpaired) electrons. The molecule has 0 aliphatic carbocycles. The number of aromatic nitrogens is 6. The first-order valence-electron chi connectivity index (χ1n) is 13.4. The Kier molecular flexibility index (Phi) is 7.13. The molecule has 4 N–H and O–H groups in total. The molecule has 2 aromatic carbocycles. The van der Waals surface area contributed by atoms with Crippen LogP contribution in [0.4, 0.5) is 22.4 Å². The third-order valence-electron chi connectivity index (χ3n) is 7.35. The van der Waals surface area contributed by atoms with Crippen LogP contribution >= 0.6 is 0 Å². The molecule has 12 nitrogen and oxygen atoms in total. The number of nitrogen functional groups attached to an aromatic ring is 1. The SMILES string of the molecule is CC(Nc1nccc(-n2cnc3cc(-c4ccnc(N)n4)ccc32)n1)C1CN(C(=O)Nc2ccccc2)CCN1C. The molecule has 1 aliphatic heterocycles. The van der Waals surface area contributed by atoms with Crippen molar-refractivity contribution in [3.05, 3.63) is 79.4 Å². The summed E-state index contributed by atoms with van der Waals surface area (Å²) in [5, 5.41) is 6.45. The summed E-state index contributed by atoms with van der Waals surface area (Å²) in [4.78, 5) is 39.2. The van der Waals surface area contributed by atoms with E-state index in [4.69, 9.17) is 10.7 Å². The van der Waals surface area contributed by atoms with E-state index in [1.807, 2.05) is 70.1 Å². The third kappa shape index (κ3) is 5.63. The molecule has 0 saturated carbocycles. The summed E-state index contributed by atoms with van der Waals surface area (Å²) < 4.78 is 1.92. The molecule has 1 fully saturated rings. The van der Waals surface area contributed by atoms with Crippen molar-refractivity contribution in [2.24, 2.45) is 0 Å². The second kappa shape index (κ2) is 11.2. The summed E-state index contributed by atoms with van der Waals surface area (Å²) >= 11 is 0. The average molecular weight is 550 g/mol. The second-order valence-corrected chi connectivity index (χ2v) is 10.1. The number of anilines is 3. The number of nitrogens with two attached hydrogens (primary N) is 1. The molecule has 6 rings (SSSR count). The number of hydrogen-bond acceptors (Lipinski definition) is 9. The summed E-state index contributed by atoms with van der Waals surface area (Å²) in [5.41, 5.74) is 9.89. The minimum absolute atomic E-state index is 0.0232. The number of para-hydroxylation sites is 1. The zero-order chi connectivity index (χ0) is 28.3. The van der Waals surface area contributed by atoms with Gasteiger partial charge in [0.15, 0.2) is 0 Å². The Hall–Kier alpha value is -5.10. The van der Waals surface area contributed by atoms with Gasteiger partial charge in [0.25, 0.3) is 0 Å². The van der Waals surface area contributed by atoms with E-state index >= 15 is 0 Å². The molecular formula is C29H31N11O. The molecule has 12 heteroatoms. The van der Waals surface area contributed by atoms with Crippen molar-refractivity contribution >= 4 is 34.6 Å². The van der Waals surface area contributed by atoms with E-state index in [1.165, 1.54) is 0 Å². The Labute approximate surface area is 237 Å². The second-order valence-electron chi connectivity index (χ2n) is 10.1. The summed E-state index contributed by atoms with van der Waals surface area (Å²) in [6.07, 6.45) is 5.11. The molecule has 2 unspecified atom stereocenters. The lowest BCUT2D eigenvalue weighted by molar-refractivity contribution is 0.108. The molecule has 5 aromatic rings. The van der Waals surface area contributed by atoms with Crippen LogP contribution in [0, 0.1) is 0 Å². The fourth-order valence-corrected chi connectivity index (χ4v) is 5.09. The van der Waals surface area contributed by atoms with Gasteiger partial charge < -0.3 is 21.3 Å². The Morgan fingerprint density at radius 2 is 1.83 bits per heavy atom. The van der Waals surface area contributed by atoms with Gasteiger partial charge in [0.2, 0.25) is 11.9 Å². The predicted octanol–water partition coefficient (Wildman–Crippen LogP) is 3.50. The van der Waals surface area contributed by atoms with Crippen molar-refractivity contribution in [2.45, 2.75) is 19.0 Å². The fourth-order valence-electron chi connectivity index (χ4n) is 5.09. The van der Waals surface area contributed by atoms with Crippen LogP contribution in [0.2, 0.25) is 0 Å². The van der Waals surface area contributed by atoms with Crippen LogP contribution in [0.5, 0.6) is 0 Å². The van der Waals surface area contributed by atoms with Gasteiger partial charge in [-0.3, -0.25) is 9.47 Å². The van der Waals surface area contributed by atoms with Crippen LogP contribution < -0.4 is 16.4 Å². The van der Waals surface area contributed by atoms with Crippen molar-refractivity contribution in [3.8, 4) is 17.1 Å². The number of hydrogen-bond donors (Lipinski definition) is 3. The lowest BCUT2D eigenvalue weighted by Crippen LogP contribution is -2.59. The van der Waals surface area contributed by atoms with Crippen molar-refractivity contribution < 1.29 is 4.79 Å². The zero-order valence-electron chi connectivity index (χ0n) is 22.8. The number of imidazole rings is 1. The monoisotopic (exact) mass is 549 g/mol. The number of likely N-dealkylation sites (N-methyl/N-ethyl adjacent to an activating group) is 1. The number of amides is 2. The van der Waals surface area contributed by atoms with E-state index in [0.29, 0.717) is 24.9 Å². The van der Waals surface area contributed by atoms with Gasteiger partial charge in [-0.2, -0.15) is 4.98 Å². The maximum atomic E-state index is 12.9. The van der Waals surface area contributed by atoms with E-state index in [1.54, 1.807) is 18.7 Å². The maximum absolute atomic E-state index is 12.9. The van der Waals surface area contributed by atoms with E-state index in [2.05, 4.69) is 49.4 Å². The van der Waals surface area contributed by atoms with Crippen LogP contribution in [-0.4, -0.2) is 84.1 Å². The summed E-state index contributed by atoms with van der Waals surface area (Å²) in [6.45, 7) is 4.09. The molecule has 0 spiro atoms. The predicted molar refractivity (Wildman–Crippen MR) is 159 cm³/mol. The highest BCUT2D eigenvalue weighted by Gasteiger charge is 2.31. The lowest BCUT2D eigenvalue weighted by Gasteiger charge is -2.42. The Balaban J connectivity index is 1.16. The van der Waals surface area contributed by atoms with Gasteiger partial charge in [-0.15, -0.1) is 0 Å². The first kappa shape index (κ1) is 26.1. The first-order valence-corrected chi connectivity index (χ1v) is 13.4. The van der Waals surface area contributed by atoms with Crippen molar-refractivity contribution in [1.29, 1.82) is 0 Å². The van der Waals surface area contributed by atoms with Crippen LogP contribution in [0.1, 0.15) is 6.92 Å². The molecule has 41 heavy (non-hydrogen) atoms. The number of piperazine rings is 1. The summed E-state index contributed by atoms with van der Waals surface area (Å²) in [7, 11) is 2.08. The van der Waals surface area contributed by atoms with E-state index in [0.717, 1.165) is 34.5 Å². The Morgan fingerprint density at radius 3 is 2.66 bits per heavy atom. The first-order chi connectivity index (χ1) is 19.9. The molecule has 1 saturated heterocycles. The van der Waals surface area contributed by atoms with Gasteiger partial charge in [-0.25, -0.2) is 24.7 Å². The zero-order valence-corrected chi connectivity index (χ0v) is 22.8. The largest absolute Gasteiger partial charge is 0.368 e. The quantitative estimate of drug-likeness (QED) is 0.290. The van der Waals surface area contributed by atoms with Gasteiger partial charge in [0, 0.05) is 55.4 Å². The lowest BCUT2D eigenvalue weighted by atomic mass is 10.1. The molecule has 208 valence electrons. The van der Waals surface area contributed by atoms with E-state index in [-0.39, 0.29) is 24.1 Å². The van der Waals surface area contributed by atoms with Gasteiger partial charge in [0.1, 0.15) is 12.1 Å². The standard InChI is InChI=1S/C29H31N11O/c1-19(25-17-39(15-14-38(25)2)29(41)35-21-6-4-3-5-7-21)34-28-32-13-11-26(37-28)40-18-33-23-16-20(8-9-24(23)40)22-10-12-31-27(30)36-22/h3-13,16,18-19,25H,14-15,17H2,1-2H3,(H,35,41)(H2,30,31,36)(H,32,34,37). The number of nitrogens with zero attached hydrogens (tertiary/aromatic N) is 8. The summed E-state index contributed by atoms with van der Waals surface area (Å²) in [6, 6.07) is 19.0. The average Bonchev–Trinajstić information content (AvgIpc) is 3.41. The van der Waals surface area contributed by atoms with Crippen LogP contribution in [0.3, 0.4) is 0 Å². The number of carbonyl (C=O) groups excluding carboxylic acids is 1. The fraction of sp³-hybridized carbons (Fsp3) is 0.241. The number of urea groups is 1. The molecule has 1 aliphatic rings. The summed E-state index contributed by atoms with van der Waals surface area (Å²) in [5.74, 6) is 1.42. The van der Waals surface area contributed by atoms with Gasteiger partial charge in [0.05, 0.1) is 16.7 Å². The van der Waals surface area contributed by atoms with E-state index in [9.17, 15) is 4.79 Å². The topological polar surface area (TPSA) is 143 Å². The molecule has 2 atom stereocenters. The normalized spacial score (nSPS) is 16.4. The molecular weight excluding hydrogens is 518 g/mol. The minimum Gasteiger partial charge on any atom is -0.368 e. The van der Waals surface area contributed by atoms with Crippen molar-refractivity contribution in [2.75, 3.05) is 43.0 Å². The maximum Gasteiger partial charge on any atom is 0.321 e. The van der Waals surface area contributed by atoms with Crippen LogP contribution in [0.15, 0.2) is 79.4 Å². The van der Waals surface area contributed by atoms with Gasteiger partial charge in [-0.1, -0.05) is 24.3 Å². The molecule has 3 aromatic heterocycles. The van der Waals surface area contributed by atoms with Crippen molar-refractivity contribution in [1.82, 2.24) is 39.3 Å². The van der Waals surface area contributed by atoms with Crippen molar-refractivity contribution in [3.63, 3.8) is 0 Å². The molecule has 4 heterocycles. The number of carbonyl (C=O) groups is 1. The third-order valence-corrected chi connectivity index (χ3v) is 7.35. The Bertz CT molecular complexity index is 1670. The van der Waals surface area contributed by atoms with E-state index < -0.39 is 0 Å². The highest BCUT2D eigenvalue weighted by Crippen LogP contribution is 2.25. The molecule has 2 amide bonds. The highest BCUT2D eigenvalue weighted by molar-refractivity contribution is 5.89. The van der Waals surface area contributed by atoms with Crippen LogP contribution in [-0.2, 0) is 0 Å².